The molecule has 1 amide bonds. The Morgan fingerprint density at radius 2 is 2.17 bits per heavy atom. The van der Waals surface area contributed by atoms with Crippen LogP contribution < -0.4 is 5.32 Å². The van der Waals surface area contributed by atoms with Gasteiger partial charge in [0.05, 0.1) is 0 Å². The van der Waals surface area contributed by atoms with E-state index in [-0.39, 0.29) is 12.3 Å². The molecule has 0 bridgehead atoms. The molecule has 2 aromatic rings. The highest BCUT2D eigenvalue weighted by atomic mass is 35.5. The van der Waals surface area contributed by atoms with Crippen molar-refractivity contribution >= 4 is 46.1 Å². The summed E-state index contributed by atoms with van der Waals surface area (Å²) in [6.07, 6.45) is 4.43. The van der Waals surface area contributed by atoms with Crippen LogP contribution in [0.3, 0.4) is 0 Å². The molecule has 0 aliphatic heterocycles. The molecular weight excluding hydrogens is 336 g/mol. The van der Waals surface area contributed by atoms with Gasteiger partial charge in [0.1, 0.15) is 6.04 Å². The summed E-state index contributed by atoms with van der Waals surface area (Å²) in [6, 6.07) is 6.71. The second kappa shape index (κ2) is 8.26. The highest BCUT2D eigenvalue weighted by Gasteiger charge is 2.19. The Hall–Kier alpha value is -1.66. The van der Waals surface area contributed by atoms with E-state index in [1.54, 1.807) is 11.8 Å². The van der Waals surface area contributed by atoms with Gasteiger partial charge in [-0.1, -0.05) is 17.7 Å². The van der Waals surface area contributed by atoms with Crippen LogP contribution >= 0.6 is 23.4 Å². The van der Waals surface area contributed by atoms with Gasteiger partial charge in [-0.05, 0) is 36.6 Å². The molecule has 0 saturated carbocycles. The normalized spacial score (nSPS) is 12.3. The van der Waals surface area contributed by atoms with Crippen LogP contribution in [0, 0.1) is 0 Å². The van der Waals surface area contributed by atoms with Gasteiger partial charge in [0.25, 0.3) is 0 Å². The van der Waals surface area contributed by atoms with Crippen LogP contribution in [-0.2, 0) is 16.1 Å². The standard InChI is InChI=1S/C16H19ClN2O3S/c1-23-10-7-13(16(21)22)18-15(20)6-9-19-8-5-11-12(17)3-2-4-14(11)19/h2-5,8,13H,6-7,9-10H2,1H3,(H,18,20)(H,21,22)/t13-/m0/s1. The molecule has 1 heterocycles. The first-order chi connectivity index (χ1) is 11.0. The van der Waals surface area contributed by atoms with Crippen LogP contribution in [0.4, 0.5) is 0 Å². The predicted molar refractivity (Wildman–Crippen MR) is 94.1 cm³/mol. The summed E-state index contributed by atoms with van der Waals surface area (Å²) in [7, 11) is 0. The largest absolute Gasteiger partial charge is 0.480 e. The van der Waals surface area contributed by atoms with Crippen LogP contribution in [0.15, 0.2) is 30.5 Å². The third-order valence-electron chi connectivity index (χ3n) is 3.58. The van der Waals surface area contributed by atoms with Gasteiger partial charge in [0.15, 0.2) is 0 Å². The van der Waals surface area contributed by atoms with Crippen molar-refractivity contribution < 1.29 is 14.7 Å². The average molecular weight is 355 g/mol. The quantitative estimate of drug-likeness (QED) is 0.764. The minimum atomic E-state index is -0.995. The van der Waals surface area contributed by atoms with Crippen LogP contribution in [0.2, 0.25) is 5.02 Å². The Kier molecular flexibility index (Phi) is 6.36. The van der Waals surface area contributed by atoms with E-state index in [4.69, 9.17) is 16.7 Å². The topological polar surface area (TPSA) is 71.3 Å². The maximum Gasteiger partial charge on any atom is 0.326 e. The van der Waals surface area contributed by atoms with E-state index in [1.165, 1.54) is 0 Å². The highest BCUT2D eigenvalue weighted by molar-refractivity contribution is 7.98. The zero-order valence-corrected chi connectivity index (χ0v) is 14.4. The number of fused-ring (bicyclic) bond motifs is 1. The molecule has 0 fully saturated rings. The molecule has 0 unspecified atom stereocenters. The Bertz CT molecular complexity index is 702. The number of halogens is 1. The van der Waals surface area contributed by atoms with Gasteiger partial charge in [-0.15, -0.1) is 0 Å². The lowest BCUT2D eigenvalue weighted by atomic mass is 10.2. The van der Waals surface area contributed by atoms with E-state index >= 15 is 0 Å². The van der Waals surface area contributed by atoms with Crippen molar-refractivity contribution in [3.63, 3.8) is 0 Å². The van der Waals surface area contributed by atoms with E-state index in [0.29, 0.717) is 23.7 Å². The highest BCUT2D eigenvalue weighted by Crippen LogP contribution is 2.24. The van der Waals surface area contributed by atoms with Gasteiger partial charge < -0.3 is 15.0 Å². The van der Waals surface area contributed by atoms with Crippen molar-refractivity contribution in [2.45, 2.75) is 25.4 Å². The Balaban J connectivity index is 1.95. The predicted octanol–water partition coefficient (Wildman–Crippen LogP) is 3.01. The molecule has 1 atom stereocenters. The number of aryl methyl sites for hydroxylation is 1. The van der Waals surface area contributed by atoms with Crippen LogP contribution in [-0.4, -0.2) is 39.6 Å². The van der Waals surface area contributed by atoms with Crippen molar-refractivity contribution in [2.75, 3.05) is 12.0 Å². The molecule has 0 spiro atoms. The third-order valence-corrected chi connectivity index (χ3v) is 4.56. The summed E-state index contributed by atoms with van der Waals surface area (Å²) in [5, 5.41) is 13.3. The monoisotopic (exact) mass is 354 g/mol. The first kappa shape index (κ1) is 17.7. The molecule has 0 radical (unpaired) electrons. The molecule has 1 aromatic heterocycles. The maximum atomic E-state index is 12.0. The number of hydrogen-bond donors (Lipinski definition) is 2. The first-order valence-corrected chi connectivity index (χ1v) is 9.04. The number of nitrogens with one attached hydrogen (secondary N) is 1. The SMILES string of the molecule is CSCC[C@H](NC(=O)CCn1ccc2c(Cl)cccc21)C(=O)O. The van der Waals surface area contributed by atoms with Crippen molar-refractivity contribution in [1.82, 2.24) is 9.88 Å². The maximum absolute atomic E-state index is 12.0. The number of nitrogens with zero attached hydrogens (tertiary/aromatic N) is 1. The van der Waals surface area contributed by atoms with E-state index in [0.717, 1.165) is 10.9 Å². The van der Waals surface area contributed by atoms with Crippen LogP contribution in [0.1, 0.15) is 12.8 Å². The molecule has 23 heavy (non-hydrogen) atoms. The zero-order valence-electron chi connectivity index (χ0n) is 12.8. The lowest BCUT2D eigenvalue weighted by molar-refractivity contribution is -0.141. The van der Waals surface area contributed by atoms with Crippen molar-refractivity contribution in [2.24, 2.45) is 0 Å². The third kappa shape index (κ3) is 4.65. The minimum Gasteiger partial charge on any atom is -0.480 e. The average Bonchev–Trinajstić information content (AvgIpc) is 2.93. The Morgan fingerprint density at radius 1 is 1.39 bits per heavy atom. The number of hydrogen-bond acceptors (Lipinski definition) is 3. The van der Waals surface area contributed by atoms with Gasteiger partial charge in [0, 0.05) is 35.1 Å². The van der Waals surface area contributed by atoms with E-state index in [1.807, 2.05) is 41.3 Å². The van der Waals surface area contributed by atoms with Crippen molar-refractivity contribution in [3.05, 3.63) is 35.5 Å². The molecule has 0 aliphatic rings. The van der Waals surface area contributed by atoms with Crippen molar-refractivity contribution in [1.29, 1.82) is 0 Å². The molecule has 7 heteroatoms. The number of benzene rings is 1. The number of rotatable bonds is 8. The van der Waals surface area contributed by atoms with Crippen LogP contribution in [0.25, 0.3) is 10.9 Å². The number of carbonyl (C=O) groups excluding carboxylic acids is 1. The van der Waals surface area contributed by atoms with Crippen molar-refractivity contribution in [3.8, 4) is 0 Å². The summed E-state index contributed by atoms with van der Waals surface area (Å²) < 4.78 is 1.94. The number of aliphatic carboxylic acids is 1. The number of amides is 1. The molecule has 0 saturated heterocycles. The van der Waals surface area contributed by atoms with E-state index < -0.39 is 12.0 Å². The van der Waals surface area contributed by atoms with Gasteiger partial charge in [-0.2, -0.15) is 11.8 Å². The zero-order chi connectivity index (χ0) is 16.8. The molecule has 0 aliphatic carbocycles. The second-order valence-electron chi connectivity index (χ2n) is 5.17. The molecule has 2 rings (SSSR count). The van der Waals surface area contributed by atoms with Gasteiger partial charge in [-0.25, -0.2) is 4.79 Å². The molecule has 1 aromatic carbocycles. The summed E-state index contributed by atoms with van der Waals surface area (Å²) in [4.78, 5) is 23.1. The summed E-state index contributed by atoms with van der Waals surface area (Å²) >= 11 is 7.68. The number of carbonyl (C=O) groups is 2. The number of carboxylic acid groups (broad SMARTS) is 1. The van der Waals surface area contributed by atoms with E-state index in [9.17, 15) is 9.59 Å². The number of thioether (sulfide) groups is 1. The summed E-state index contributed by atoms with van der Waals surface area (Å²) in [5.41, 5.74) is 0.961. The lowest BCUT2D eigenvalue weighted by Gasteiger charge is -2.14. The van der Waals surface area contributed by atoms with E-state index in [2.05, 4.69) is 5.32 Å². The van der Waals surface area contributed by atoms with Crippen LogP contribution in [0.5, 0.6) is 0 Å². The fourth-order valence-electron chi connectivity index (χ4n) is 2.36. The smallest absolute Gasteiger partial charge is 0.326 e. The molecular formula is C16H19ClN2O3S. The molecule has 124 valence electrons. The first-order valence-electron chi connectivity index (χ1n) is 7.27. The summed E-state index contributed by atoms with van der Waals surface area (Å²) in [5.74, 6) is -0.564. The molecule has 5 nitrogen and oxygen atoms in total. The van der Waals surface area contributed by atoms with Gasteiger partial charge in [0.2, 0.25) is 5.91 Å². The van der Waals surface area contributed by atoms with Gasteiger partial charge >= 0.3 is 5.97 Å². The number of aromatic nitrogens is 1. The Morgan fingerprint density at radius 3 is 2.87 bits per heavy atom. The molecule has 2 N–H and O–H groups in total. The number of carboxylic acids is 1. The lowest BCUT2D eigenvalue weighted by Crippen LogP contribution is -2.41. The fourth-order valence-corrected chi connectivity index (χ4v) is 3.07. The van der Waals surface area contributed by atoms with Gasteiger partial charge in [-0.3, -0.25) is 4.79 Å². The fraction of sp³-hybridized carbons (Fsp3) is 0.375. The Labute approximate surface area is 144 Å². The summed E-state index contributed by atoms with van der Waals surface area (Å²) in [6.45, 7) is 0.477. The second-order valence-corrected chi connectivity index (χ2v) is 6.56. The minimum absolute atomic E-state index is 0.222.